The van der Waals surface area contributed by atoms with Gasteiger partial charge in [-0.05, 0) is 39.9 Å². The van der Waals surface area contributed by atoms with Gasteiger partial charge in [-0.25, -0.2) is 4.39 Å². The predicted molar refractivity (Wildman–Crippen MR) is 58.4 cm³/mol. The molecule has 1 aliphatic carbocycles. The maximum absolute atomic E-state index is 13.2. The van der Waals surface area contributed by atoms with Crippen LogP contribution in [-0.4, -0.2) is 0 Å². The van der Waals surface area contributed by atoms with Crippen LogP contribution in [0.4, 0.5) is 4.39 Å². The molecule has 0 spiro atoms. The van der Waals surface area contributed by atoms with E-state index in [0.29, 0.717) is 4.47 Å². The number of hydrogen-bond acceptors (Lipinski definition) is 1. The summed E-state index contributed by atoms with van der Waals surface area (Å²) < 4.78 is 13.7. The van der Waals surface area contributed by atoms with Gasteiger partial charge in [0.25, 0.3) is 0 Å². The molecule has 2 N–H and O–H groups in total. The zero-order valence-corrected chi connectivity index (χ0v) is 9.43. The van der Waals surface area contributed by atoms with E-state index in [-0.39, 0.29) is 11.9 Å². The molecule has 0 amide bonds. The summed E-state index contributed by atoms with van der Waals surface area (Å²) >= 11 is 3.24. The highest BCUT2D eigenvalue weighted by Crippen LogP contribution is 2.38. The maximum atomic E-state index is 13.2. The van der Waals surface area contributed by atoms with Crippen LogP contribution in [0.1, 0.15) is 30.9 Å². The minimum absolute atomic E-state index is 0.0347. The molecule has 1 aliphatic rings. The van der Waals surface area contributed by atoms with Crippen molar-refractivity contribution in [2.45, 2.75) is 25.3 Å². The van der Waals surface area contributed by atoms with Crippen molar-refractivity contribution < 1.29 is 4.39 Å². The Morgan fingerprint density at radius 2 is 2.21 bits per heavy atom. The van der Waals surface area contributed by atoms with Crippen LogP contribution in [-0.2, 0) is 0 Å². The van der Waals surface area contributed by atoms with E-state index in [4.69, 9.17) is 5.73 Å². The lowest BCUT2D eigenvalue weighted by molar-refractivity contribution is 0.577. The van der Waals surface area contributed by atoms with Crippen molar-refractivity contribution in [3.63, 3.8) is 0 Å². The zero-order chi connectivity index (χ0) is 10.1. The standard InChI is InChI=1S/C11H13BrFN/c12-11-8(2-1-3-9(11)13)10(14)6-7-4-5-7/h1-3,7,10H,4-6,14H2. The fourth-order valence-corrected chi connectivity index (χ4v) is 2.20. The highest BCUT2D eigenvalue weighted by atomic mass is 79.9. The summed E-state index contributed by atoms with van der Waals surface area (Å²) in [4.78, 5) is 0. The molecule has 1 unspecified atom stereocenters. The van der Waals surface area contributed by atoms with Crippen LogP contribution in [0.3, 0.4) is 0 Å². The second-order valence-corrected chi connectivity index (χ2v) is 4.72. The minimum Gasteiger partial charge on any atom is -0.324 e. The molecule has 1 saturated carbocycles. The maximum Gasteiger partial charge on any atom is 0.137 e. The molecule has 1 atom stereocenters. The van der Waals surface area contributed by atoms with Crippen molar-refractivity contribution in [3.8, 4) is 0 Å². The van der Waals surface area contributed by atoms with Crippen LogP contribution < -0.4 is 5.73 Å². The van der Waals surface area contributed by atoms with Gasteiger partial charge in [0.05, 0.1) is 4.47 Å². The molecule has 0 heterocycles. The second-order valence-electron chi connectivity index (χ2n) is 3.93. The van der Waals surface area contributed by atoms with Crippen molar-refractivity contribution in [1.82, 2.24) is 0 Å². The predicted octanol–water partition coefficient (Wildman–Crippen LogP) is 3.39. The number of halogens is 2. The monoisotopic (exact) mass is 257 g/mol. The van der Waals surface area contributed by atoms with Crippen LogP contribution in [0.2, 0.25) is 0 Å². The first kappa shape index (κ1) is 10.1. The Morgan fingerprint density at radius 1 is 1.50 bits per heavy atom. The van der Waals surface area contributed by atoms with E-state index < -0.39 is 0 Å². The SMILES string of the molecule is NC(CC1CC1)c1cccc(F)c1Br. The van der Waals surface area contributed by atoms with Crippen molar-refractivity contribution in [3.05, 3.63) is 34.1 Å². The van der Waals surface area contributed by atoms with Crippen molar-refractivity contribution >= 4 is 15.9 Å². The summed E-state index contributed by atoms with van der Waals surface area (Å²) in [6.45, 7) is 0. The summed E-state index contributed by atoms with van der Waals surface area (Å²) in [6, 6.07) is 5.01. The van der Waals surface area contributed by atoms with Crippen LogP contribution in [0.5, 0.6) is 0 Å². The summed E-state index contributed by atoms with van der Waals surface area (Å²) in [5, 5.41) is 0. The van der Waals surface area contributed by atoms with Gasteiger partial charge < -0.3 is 5.73 Å². The second kappa shape index (κ2) is 3.99. The molecule has 14 heavy (non-hydrogen) atoms. The summed E-state index contributed by atoms with van der Waals surface area (Å²) in [5.41, 5.74) is 6.90. The molecule has 0 saturated heterocycles. The van der Waals surface area contributed by atoms with Crippen LogP contribution in [0.25, 0.3) is 0 Å². The van der Waals surface area contributed by atoms with Crippen molar-refractivity contribution in [1.29, 1.82) is 0 Å². The number of benzene rings is 1. The third-order valence-corrected chi connectivity index (χ3v) is 3.50. The van der Waals surface area contributed by atoms with Gasteiger partial charge >= 0.3 is 0 Å². The molecule has 0 radical (unpaired) electrons. The summed E-state index contributed by atoms with van der Waals surface area (Å²) in [5.74, 6) is 0.536. The summed E-state index contributed by atoms with van der Waals surface area (Å²) in [7, 11) is 0. The average molecular weight is 258 g/mol. The third kappa shape index (κ3) is 2.15. The molecule has 0 bridgehead atoms. The van der Waals surface area contributed by atoms with Gasteiger partial charge in [-0.2, -0.15) is 0 Å². The number of rotatable bonds is 3. The molecule has 0 aromatic heterocycles. The number of hydrogen-bond donors (Lipinski definition) is 1. The summed E-state index contributed by atoms with van der Waals surface area (Å²) in [6.07, 6.45) is 3.53. The fraction of sp³-hybridized carbons (Fsp3) is 0.455. The molecule has 1 fully saturated rings. The normalized spacial score (nSPS) is 18.2. The van der Waals surface area contributed by atoms with E-state index in [9.17, 15) is 4.39 Å². The van der Waals surface area contributed by atoms with Crippen LogP contribution >= 0.6 is 15.9 Å². The molecule has 76 valence electrons. The molecule has 0 aliphatic heterocycles. The van der Waals surface area contributed by atoms with E-state index in [0.717, 1.165) is 17.9 Å². The van der Waals surface area contributed by atoms with Gasteiger partial charge in [0, 0.05) is 6.04 Å². The van der Waals surface area contributed by atoms with Gasteiger partial charge in [0.1, 0.15) is 5.82 Å². The highest BCUT2D eigenvalue weighted by Gasteiger charge is 2.25. The first-order valence-corrected chi connectivity index (χ1v) is 5.67. The molecule has 1 aromatic rings. The Hall–Kier alpha value is -0.410. The minimum atomic E-state index is -0.228. The van der Waals surface area contributed by atoms with Crippen molar-refractivity contribution in [2.24, 2.45) is 11.7 Å². The van der Waals surface area contributed by atoms with Gasteiger partial charge in [-0.15, -0.1) is 0 Å². The Bertz CT molecular complexity index is 336. The Morgan fingerprint density at radius 3 is 2.86 bits per heavy atom. The van der Waals surface area contributed by atoms with E-state index in [1.165, 1.54) is 18.9 Å². The quantitative estimate of drug-likeness (QED) is 0.883. The molecule has 1 nitrogen and oxygen atoms in total. The molecule has 3 heteroatoms. The molecular weight excluding hydrogens is 245 g/mol. The van der Waals surface area contributed by atoms with Gasteiger partial charge in [0.2, 0.25) is 0 Å². The van der Waals surface area contributed by atoms with Crippen LogP contribution in [0, 0.1) is 11.7 Å². The molecule has 1 aromatic carbocycles. The van der Waals surface area contributed by atoms with E-state index >= 15 is 0 Å². The first-order chi connectivity index (χ1) is 6.68. The smallest absolute Gasteiger partial charge is 0.137 e. The van der Waals surface area contributed by atoms with E-state index in [1.54, 1.807) is 6.07 Å². The first-order valence-electron chi connectivity index (χ1n) is 4.88. The average Bonchev–Trinajstić information content (AvgIpc) is 2.93. The zero-order valence-electron chi connectivity index (χ0n) is 7.84. The largest absolute Gasteiger partial charge is 0.324 e. The lowest BCUT2D eigenvalue weighted by atomic mass is 10.0. The lowest BCUT2D eigenvalue weighted by Crippen LogP contribution is -2.12. The van der Waals surface area contributed by atoms with Crippen molar-refractivity contribution in [2.75, 3.05) is 0 Å². The van der Waals surface area contributed by atoms with Crippen LogP contribution in [0.15, 0.2) is 22.7 Å². The Kier molecular flexibility index (Phi) is 2.88. The highest BCUT2D eigenvalue weighted by molar-refractivity contribution is 9.10. The fourth-order valence-electron chi connectivity index (χ4n) is 1.65. The van der Waals surface area contributed by atoms with Gasteiger partial charge in [-0.3, -0.25) is 0 Å². The lowest BCUT2D eigenvalue weighted by Gasteiger charge is -2.13. The third-order valence-electron chi connectivity index (χ3n) is 2.67. The Balaban J connectivity index is 2.16. The van der Waals surface area contributed by atoms with E-state index in [2.05, 4.69) is 15.9 Å². The molecular formula is C11H13BrFN. The number of nitrogens with two attached hydrogens (primary N) is 1. The van der Waals surface area contributed by atoms with Gasteiger partial charge in [0.15, 0.2) is 0 Å². The van der Waals surface area contributed by atoms with E-state index in [1.807, 2.05) is 6.07 Å². The topological polar surface area (TPSA) is 26.0 Å². The molecule has 2 rings (SSSR count). The Labute approximate surface area is 91.6 Å². The van der Waals surface area contributed by atoms with Gasteiger partial charge in [-0.1, -0.05) is 25.0 Å².